The van der Waals surface area contributed by atoms with Crippen LogP contribution in [0.15, 0.2) is 46.9 Å². The smallest absolute Gasteiger partial charge is 0.387 e. The summed E-state index contributed by atoms with van der Waals surface area (Å²) in [5, 5.41) is 10.1. The Hall–Kier alpha value is -2.10. The minimum absolute atomic E-state index is 0.0922. The first-order valence-corrected chi connectivity index (χ1v) is 10.6. The van der Waals surface area contributed by atoms with Crippen LogP contribution in [0.2, 0.25) is 0 Å². The number of benzene rings is 2. The molecule has 0 saturated carbocycles. The first-order chi connectivity index (χ1) is 14.7. The maximum Gasteiger partial charge on any atom is 0.387 e. The Kier molecular flexibility index (Phi) is 6.02. The molecule has 166 valence electrons. The third-order valence-corrected chi connectivity index (χ3v) is 6.14. The molecular weight excluding hydrogens is 480 g/mol. The number of nitrogens with zero attached hydrogens (tertiary/aromatic N) is 1. The van der Waals surface area contributed by atoms with Crippen LogP contribution in [0.3, 0.4) is 0 Å². The number of alkyl halides is 4. The van der Waals surface area contributed by atoms with Crippen molar-refractivity contribution in [3.05, 3.63) is 63.8 Å². The van der Waals surface area contributed by atoms with Gasteiger partial charge in [-0.15, -0.1) is 0 Å². The summed E-state index contributed by atoms with van der Waals surface area (Å²) < 4.78 is 60.2. The number of nitrogens with one attached hydrogen (secondary N) is 1. The summed E-state index contributed by atoms with van der Waals surface area (Å²) in [6.07, 6.45) is 0.499. The van der Waals surface area contributed by atoms with Crippen molar-refractivity contribution < 1.29 is 27.4 Å². The normalized spacial score (nSPS) is 19.7. The van der Waals surface area contributed by atoms with E-state index in [1.165, 1.54) is 11.0 Å². The average molecular weight is 501 g/mol. The molecule has 1 aliphatic rings. The Morgan fingerprint density at radius 3 is 2.71 bits per heavy atom. The largest absolute Gasteiger partial charge is 0.434 e. The molecule has 0 saturated heterocycles. The third kappa shape index (κ3) is 4.31. The van der Waals surface area contributed by atoms with Crippen LogP contribution in [-0.2, 0) is 6.42 Å². The van der Waals surface area contributed by atoms with Crippen LogP contribution in [0, 0.1) is 0 Å². The molecular formula is C22H21BrF4N2O2. The molecule has 2 N–H and O–H groups in total. The maximum absolute atomic E-state index is 14.3. The number of aromatic amines is 1. The molecule has 0 radical (unpaired) electrons. The molecule has 9 heteroatoms. The predicted octanol–water partition coefficient (Wildman–Crippen LogP) is 5.50. The van der Waals surface area contributed by atoms with Crippen LogP contribution in [0.5, 0.6) is 5.75 Å². The second-order valence-electron chi connectivity index (χ2n) is 7.77. The molecule has 0 unspecified atom stereocenters. The van der Waals surface area contributed by atoms with Crippen LogP contribution in [-0.4, -0.2) is 46.7 Å². The topological polar surface area (TPSA) is 48.5 Å². The zero-order valence-corrected chi connectivity index (χ0v) is 18.2. The van der Waals surface area contributed by atoms with Gasteiger partial charge in [0.2, 0.25) is 0 Å². The molecule has 0 amide bonds. The minimum atomic E-state index is -3.35. The van der Waals surface area contributed by atoms with Gasteiger partial charge in [0.1, 0.15) is 12.4 Å². The van der Waals surface area contributed by atoms with Crippen LogP contribution >= 0.6 is 15.9 Å². The molecule has 1 aromatic heterocycles. The number of hydrogen-bond donors (Lipinski definition) is 2. The molecule has 4 rings (SSSR count). The molecule has 0 aliphatic carbocycles. The fourth-order valence-corrected chi connectivity index (χ4v) is 4.68. The summed E-state index contributed by atoms with van der Waals surface area (Å²) in [5.74, 6) is -3.44. The number of ether oxygens (including phenoxy) is 1. The third-order valence-electron chi connectivity index (χ3n) is 5.65. The minimum Gasteiger partial charge on any atom is -0.434 e. The van der Waals surface area contributed by atoms with Gasteiger partial charge in [-0.3, -0.25) is 4.90 Å². The molecule has 4 nitrogen and oxygen atoms in total. The molecule has 2 atom stereocenters. The van der Waals surface area contributed by atoms with Crippen molar-refractivity contribution in [3.8, 4) is 5.75 Å². The number of para-hydroxylation sites is 1. The number of rotatable bonds is 6. The second-order valence-corrected chi connectivity index (χ2v) is 8.68. The van der Waals surface area contributed by atoms with E-state index in [2.05, 4.69) is 20.9 Å². The Labute approximate surface area is 184 Å². The number of aliphatic hydroxyl groups excluding tert-OH is 1. The summed E-state index contributed by atoms with van der Waals surface area (Å²) in [4.78, 5) is 4.85. The lowest BCUT2D eigenvalue weighted by molar-refractivity contribution is -0.0874. The van der Waals surface area contributed by atoms with Gasteiger partial charge in [-0.05, 0) is 37.1 Å². The molecule has 1 aliphatic heterocycles. The van der Waals surface area contributed by atoms with Gasteiger partial charge in [-0.2, -0.15) is 8.78 Å². The molecule has 3 aromatic rings. The van der Waals surface area contributed by atoms with Crippen LogP contribution in [0.25, 0.3) is 10.9 Å². The molecule has 0 fully saturated rings. The van der Waals surface area contributed by atoms with Crippen molar-refractivity contribution in [2.24, 2.45) is 0 Å². The highest BCUT2D eigenvalue weighted by atomic mass is 79.9. The quantitative estimate of drug-likeness (QED) is 0.439. The Morgan fingerprint density at radius 2 is 2.00 bits per heavy atom. The van der Waals surface area contributed by atoms with Gasteiger partial charge in [0.05, 0.1) is 12.6 Å². The number of halogens is 5. The van der Waals surface area contributed by atoms with E-state index in [-0.39, 0.29) is 11.8 Å². The van der Waals surface area contributed by atoms with Gasteiger partial charge < -0.3 is 14.8 Å². The van der Waals surface area contributed by atoms with Crippen molar-refractivity contribution >= 4 is 26.8 Å². The fourth-order valence-electron chi connectivity index (χ4n) is 4.34. The number of hydrogen-bond acceptors (Lipinski definition) is 3. The Morgan fingerprint density at radius 1 is 1.26 bits per heavy atom. The number of aromatic nitrogens is 1. The Balaban J connectivity index is 1.93. The number of aliphatic hydroxyl groups is 1. The first kappa shape index (κ1) is 22.1. The van der Waals surface area contributed by atoms with Gasteiger partial charge in [0.15, 0.2) is 0 Å². The van der Waals surface area contributed by atoms with Gasteiger partial charge in [-0.1, -0.05) is 40.2 Å². The highest BCUT2D eigenvalue weighted by Gasteiger charge is 2.42. The number of H-pyrrole nitrogens is 1. The number of fused-ring (bicyclic) bond motifs is 3. The lowest BCUT2D eigenvalue weighted by atomic mass is 9.88. The zero-order valence-electron chi connectivity index (χ0n) is 16.6. The van der Waals surface area contributed by atoms with Crippen molar-refractivity contribution in [3.63, 3.8) is 0 Å². The summed E-state index contributed by atoms with van der Waals surface area (Å²) in [5.41, 5.74) is 2.81. The van der Waals surface area contributed by atoms with E-state index in [0.29, 0.717) is 22.2 Å². The summed E-state index contributed by atoms with van der Waals surface area (Å²) >= 11 is 3.26. The van der Waals surface area contributed by atoms with Gasteiger partial charge in [-0.25, -0.2) is 8.78 Å². The van der Waals surface area contributed by atoms with E-state index in [4.69, 9.17) is 4.74 Å². The summed E-state index contributed by atoms with van der Waals surface area (Å²) in [6, 6.07) is 11.2. The van der Waals surface area contributed by atoms with Crippen molar-refractivity contribution in [2.45, 2.75) is 38.0 Å². The lowest BCUT2D eigenvalue weighted by Crippen LogP contribution is -2.49. The highest BCUT2D eigenvalue weighted by Crippen LogP contribution is 2.45. The van der Waals surface area contributed by atoms with E-state index in [0.717, 1.165) is 16.5 Å². The second kappa shape index (κ2) is 8.44. The maximum atomic E-state index is 14.3. The summed E-state index contributed by atoms with van der Waals surface area (Å²) in [6.45, 7) is -3.28. The predicted molar refractivity (Wildman–Crippen MR) is 113 cm³/mol. The monoisotopic (exact) mass is 500 g/mol. The fraction of sp³-hybridized carbons (Fsp3) is 0.364. The molecule has 0 bridgehead atoms. The van der Waals surface area contributed by atoms with Crippen molar-refractivity contribution in [1.82, 2.24) is 9.88 Å². The molecule has 2 heterocycles. The van der Waals surface area contributed by atoms with Crippen LogP contribution < -0.4 is 4.74 Å². The molecule has 0 spiro atoms. The van der Waals surface area contributed by atoms with E-state index in [1.807, 2.05) is 31.2 Å². The van der Waals surface area contributed by atoms with Crippen LogP contribution in [0.1, 0.15) is 29.8 Å². The first-order valence-electron chi connectivity index (χ1n) is 9.78. The van der Waals surface area contributed by atoms with Gasteiger partial charge >= 0.3 is 6.61 Å². The molecule has 2 aromatic carbocycles. The SMILES string of the molecule is C[C@@H]1Cc2c([nH]c3ccccc23)[C@@H](c2ccc(Br)cc2OC(F)F)N1CC(F)(F)CO. The highest BCUT2D eigenvalue weighted by molar-refractivity contribution is 9.10. The molecule has 31 heavy (non-hydrogen) atoms. The van der Waals surface area contributed by atoms with Crippen molar-refractivity contribution in [1.29, 1.82) is 0 Å². The van der Waals surface area contributed by atoms with E-state index >= 15 is 0 Å². The average Bonchev–Trinajstić information content (AvgIpc) is 3.07. The van der Waals surface area contributed by atoms with E-state index in [9.17, 15) is 22.7 Å². The standard InChI is InChI=1S/C22H21BrF4N2O2/c1-12-8-16-14-4-2-3-5-17(14)28-19(16)20(29(12)10-22(26,27)11-30)15-7-6-13(23)9-18(15)31-21(24)25/h2-7,9,12,20-21,28,30H,8,10-11H2,1H3/t12-,20-/m1/s1. The zero-order chi connectivity index (χ0) is 22.3. The summed E-state index contributed by atoms with van der Waals surface area (Å²) in [7, 11) is 0. The van der Waals surface area contributed by atoms with E-state index in [1.54, 1.807) is 12.1 Å². The van der Waals surface area contributed by atoms with Gasteiger partial charge in [0.25, 0.3) is 5.92 Å². The van der Waals surface area contributed by atoms with Crippen LogP contribution in [0.4, 0.5) is 17.6 Å². The van der Waals surface area contributed by atoms with Crippen molar-refractivity contribution in [2.75, 3.05) is 13.2 Å². The van der Waals surface area contributed by atoms with Gasteiger partial charge in [0, 0.05) is 32.7 Å². The lowest BCUT2D eigenvalue weighted by Gasteiger charge is -2.42. The van der Waals surface area contributed by atoms with E-state index < -0.39 is 31.7 Å². The Bertz CT molecular complexity index is 1090.